The molecule has 1 unspecified atom stereocenters. The lowest BCUT2D eigenvalue weighted by atomic mass is 10.0. The standard InChI is InChI=1S/C22H31N3O3S/c1-5-23-22(25-16-17(2)20-8-6-7-9-21(20)28-3)24-15-14-18-10-12-19(13-11-18)29(4,26)27/h6-13,17H,5,14-16H2,1-4H3,(H2,23,24,25). The Morgan fingerprint density at radius 3 is 2.41 bits per heavy atom. The zero-order valence-electron chi connectivity index (χ0n) is 17.6. The van der Waals surface area contributed by atoms with Crippen LogP contribution >= 0.6 is 0 Å². The fraction of sp³-hybridized carbons (Fsp3) is 0.409. The lowest BCUT2D eigenvalue weighted by molar-refractivity contribution is 0.407. The monoisotopic (exact) mass is 417 g/mol. The molecule has 6 nitrogen and oxygen atoms in total. The number of para-hydroxylation sites is 1. The second kappa shape index (κ2) is 10.9. The first-order valence-electron chi connectivity index (χ1n) is 9.79. The van der Waals surface area contributed by atoms with Gasteiger partial charge in [0.1, 0.15) is 5.75 Å². The number of sulfone groups is 1. The van der Waals surface area contributed by atoms with Crippen molar-refractivity contribution in [3.8, 4) is 5.75 Å². The summed E-state index contributed by atoms with van der Waals surface area (Å²) in [4.78, 5) is 5.04. The van der Waals surface area contributed by atoms with Crippen molar-refractivity contribution in [2.45, 2.75) is 31.1 Å². The van der Waals surface area contributed by atoms with Crippen LogP contribution in [0.25, 0.3) is 0 Å². The Morgan fingerprint density at radius 2 is 1.79 bits per heavy atom. The van der Waals surface area contributed by atoms with Crippen LogP contribution in [0.3, 0.4) is 0 Å². The molecular formula is C22H31N3O3S. The molecule has 29 heavy (non-hydrogen) atoms. The summed E-state index contributed by atoms with van der Waals surface area (Å²) < 4.78 is 28.5. The molecule has 0 radical (unpaired) electrons. The largest absolute Gasteiger partial charge is 0.496 e. The van der Waals surface area contributed by atoms with Gasteiger partial charge in [-0.1, -0.05) is 37.3 Å². The van der Waals surface area contributed by atoms with Gasteiger partial charge in [0.05, 0.1) is 12.0 Å². The fourth-order valence-electron chi connectivity index (χ4n) is 2.97. The maximum absolute atomic E-state index is 11.5. The molecule has 0 bridgehead atoms. The van der Waals surface area contributed by atoms with Crippen LogP contribution in [-0.4, -0.2) is 47.4 Å². The Balaban J connectivity index is 1.93. The molecule has 0 amide bonds. The second-order valence-corrected chi connectivity index (χ2v) is 8.97. The Labute approximate surface area is 174 Å². The maximum atomic E-state index is 11.5. The van der Waals surface area contributed by atoms with Crippen molar-refractivity contribution in [1.82, 2.24) is 10.6 Å². The van der Waals surface area contributed by atoms with Gasteiger partial charge in [0.25, 0.3) is 0 Å². The number of nitrogens with one attached hydrogen (secondary N) is 2. The summed E-state index contributed by atoms with van der Waals surface area (Å²) in [6.45, 7) is 6.28. The number of benzene rings is 2. The minimum Gasteiger partial charge on any atom is -0.496 e. The van der Waals surface area contributed by atoms with Crippen LogP contribution in [0.5, 0.6) is 5.75 Å². The predicted octanol–water partition coefficient (Wildman–Crippen LogP) is 3.00. The SMILES string of the molecule is CCNC(=NCC(C)c1ccccc1OC)NCCc1ccc(S(C)(=O)=O)cc1. The van der Waals surface area contributed by atoms with Crippen molar-refractivity contribution < 1.29 is 13.2 Å². The molecule has 2 aromatic rings. The molecule has 0 aromatic heterocycles. The Bertz CT molecular complexity index is 909. The number of nitrogens with zero attached hydrogens (tertiary/aromatic N) is 1. The van der Waals surface area contributed by atoms with Crippen LogP contribution in [0.2, 0.25) is 0 Å². The van der Waals surface area contributed by atoms with Crippen molar-refractivity contribution in [3.05, 3.63) is 59.7 Å². The topological polar surface area (TPSA) is 79.8 Å². The average Bonchev–Trinajstić information content (AvgIpc) is 2.71. The number of hydrogen-bond donors (Lipinski definition) is 2. The quantitative estimate of drug-likeness (QED) is 0.484. The van der Waals surface area contributed by atoms with E-state index in [1.807, 2.05) is 37.3 Å². The lowest BCUT2D eigenvalue weighted by Gasteiger charge is -2.16. The van der Waals surface area contributed by atoms with Gasteiger partial charge in [-0.25, -0.2) is 8.42 Å². The first-order valence-corrected chi connectivity index (χ1v) is 11.7. The van der Waals surface area contributed by atoms with Gasteiger partial charge >= 0.3 is 0 Å². The summed E-state index contributed by atoms with van der Waals surface area (Å²) in [5.74, 6) is 1.87. The minimum atomic E-state index is -3.16. The van der Waals surface area contributed by atoms with Crippen LogP contribution in [0.15, 0.2) is 58.4 Å². The molecule has 2 N–H and O–H groups in total. The molecule has 0 saturated carbocycles. The van der Waals surface area contributed by atoms with Crippen molar-refractivity contribution >= 4 is 15.8 Å². The van der Waals surface area contributed by atoms with Gasteiger partial charge in [0.2, 0.25) is 0 Å². The number of rotatable bonds is 9. The van der Waals surface area contributed by atoms with Crippen molar-refractivity contribution in [1.29, 1.82) is 0 Å². The van der Waals surface area contributed by atoms with Gasteiger partial charge in [0, 0.05) is 31.8 Å². The van der Waals surface area contributed by atoms with Crippen molar-refractivity contribution in [2.24, 2.45) is 4.99 Å². The lowest BCUT2D eigenvalue weighted by Crippen LogP contribution is -2.38. The molecule has 7 heteroatoms. The van der Waals surface area contributed by atoms with E-state index in [9.17, 15) is 8.42 Å². The molecule has 158 valence electrons. The highest BCUT2D eigenvalue weighted by Gasteiger charge is 2.11. The van der Waals surface area contributed by atoms with Crippen LogP contribution in [0.4, 0.5) is 0 Å². The molecule has 0 aliphatic rings. The molecule has 0 saturated heterocycles. The molecule has 0 aliphatic heterocycles. The highest BCUT2D eigenvalue weighted by Crippen LogP contribution is 2.26. The molecule has 0 heterocycles. The maximum Gasteiger partial charge on any atom is 0.191 e. The highest BCUT2D eigenvalue weighted by molar-refractivity contribution is 7.90. The van der Waals surface area contributed by atoms with Gasteiger partial charge < -0.3 is 15.4 Å². The third-order valence-electron chi connectivity index (χ3n) is 4.59. The van der Waals surface area contributed by atoms with E-state index in [4.69, 9.17) is 9.73 Å². The first kappa shape index (κ1) is 22.7. The third kappa shape index (κ3) is 7.09. The molecule has 2 rings (SSSR count). The Kier molecular flexibility index (Phi) is 8.51. The summed E-state index contributed by atoms with van der Waals surface area (Å²) in [5.41, 5.74) is 2.21. The first-order chi connectivity index (χ1) is 13.8. The molecule has 0 spiro atoms. The minimum absolute atomic E-state index is 0.227. The van der Waals surface area contributed by atoms with Gasteiger partial charge in [-0.2, -0.15) is 0 Å². The van der Waals surface area contributed by atoms with E-state index in [1.54, 1.807) is 19.2 Å². The van der Waals surface area contributed by atoms with Crippen LogP contribution in [0.1, 0.15) is 30.9 Å². The van der Waals surface area contributed by atoms with E-state index >= 15 is 0 Å². The summed E-state index contributed by atoms with van der Waals surface area (Å²) >= 11 is 0. The smallest absolute Gasteiger partial charge is 0.191 e. The van der Waals surface area contributed by atoms with Crippen LogP contribution in [0, 0.1) is 0 Å². The number of guanidine groups is 1. The van der Waals surface area contributed by atoms with E-state index in [0.717, 1.165) is 35.8 Å². The Hall–Kier alpha value is -2.54. The summed E-state index contributed by atoms with van der Waals surface area (Å²) in [5, 5.41) is 6.60. The summed E-state index contributed by atoms with van der Waals surface area (Å²) in [7, 11) is -1.47. The van der Waals surface area contributed by atoms with Crippen LogP contribution < -0.4 is 15.4 Å². The number of aliphatic imine (C=N–C) groups is 1. The number of ether oxygens (including phenoxy) is 1. The van der Waals surface area contributed by atoms with Gasteiger partial charge in [-0.3, -0.25) is 4.99 Å². The third-order valence-corrected chi connectivity index (χ3v) is 5.72. The molecule has 2 aromatic carbocycles. The Morgan fingerprint density at radius 1 is 1.10 bits per heavy atom. The summed E-state index contributed by atoms with van der Waals surface area (Å²) in [6.07, 6.45) is 1.99. The molecular weight excluding hydrogens is 386 g/mol. The van der Waals surface area contributed by atoms with Crippen molar-refractivity contribution in [2.75, 3.05) is 33.0 Å². The van der Waals surface area contributed by atoms with Gasteiger partial charge in [0.15, 0.2) is 15.8 Å². The molecule has 0 aliphatic carbocycles. The normalized spacial score (nSPS) is 13.0. The summed E-state index contributed by atoms with van der Waals surface area (Å²) in [6, 6.07) is 15.0. The predicted molar refractivity (Wildman–Crippen MR) is 119 cm³/mol. The van der Waals surface area contributed by atoms with E-state index in [1.165, 1.54) is 6.26 Å². The van der Waals surface area contributed by atoms with E-state index in [0.29, 0.717) is 18.0 Å². The van der Waals surface area contributed by atoms with Gasteiger partial charge in [-0.05, 0) is 42.7 Å². The van der Waals surface area contributed by atoms with E-state index in [-0.39, 0.29) is 5.92 Å². The average molecular weight is 418 g/mol. The van der Waals surface area contributed by atoms with Crippen LogP contribution in [-0.2, 0) is 16.3 Å². The van der Waals surface area contributed by atoms with Gasteiger partial charge in [-0.15, -0.1) is 0 Å². The van der Waals surface area contributed by atoms with E-state index in [2.05, 4.69) is 23.6 Å². The second-order valence-electron chi connectivity index (χ2n) is 6.96. The zero-order valence-corrected chi connectivity index (χ0v) is 18.4. The highest BCUT2D eigenvalue weighted by atomic mass is 32.2. The van der Waals surface area contributed by atoms with Crippen molar-refractivity contribution in [3.63, 3.8) is 0 Å². The number of hydrogen-bond acceptors (Lipinski definition) is 4. The zero-order chi connectivity index (χ0) is 21.3. The number of methoxy groups -OCH3 is 1. The fourth-order valence-corrected chi connectivity index (χ4v) is 3.60. The molecule has 0 fully saturated rings. The molecule has 1 atom stereocenters. The van der Waals surface area contributed by atoms with E-state index < -0.39 is 9.84 Å².